The van der Waals surface area contributed by atoms with Crippen molar-refractivity contribution in [3.63, 3.8) is 0 Å². The molecule has 1 aliphatic carbocycles. The van der Waals surface area contributed by atoms with Crippen LogP contribution >= 0.6 is 0 Å². The second kappa shape index (κ2) is 11.8. The number of para-hydroxylation sites is 1. The van der Waals surface area contributed by atoms with Gasteiger partial charge in [-0.25, -0.2) is 0 Å². The van der Waals surface area contributed by atoms with Crippen molar-refractivity contribution in [2.75, 3.05) is 0 Å². The molecule has 9 aromatic rings. The van der Waals surface area contributed by atoms with Crippen LogP contribution in [0, 0.1) is 0 Å². The van der Waals surface area contributed by atoms with E-state index in [2.05, 4.69) is 206 Å². The zero-order chi connectivity index (χ0) is 34.8. The minimum atomic E-state index is -0.00215. The molecule has 1 nitrogen and oxygen atoms in total. The van der Waals surface area contributed by atoms with Gasteiger partial charge in [0, 0.05) is 21.9 Å². The molecule has 0 N–H and O–H groups in total. The first kappa shape index (κ1) is 30.4. The molecule has 1 heterocycles. The Kier molecular flexibility index (Phi) is 6.91. The number of fused-ring (bicyclic) bond motifs is 6. The second-order valence-corrected chi connectivity index (χ2v) is 14.6. The first-order valence-corrected chi connectivity index (χ1v) is 18.2. The molecule has 0 spiro atoms. The molecule has 0 radical (unpaired) electrons. The Morgan fingerprint density at radius 2 is 0.846 bits per heavy atom. The molecule has 0 bridgehead atoms. The summed E-state index contributed by atoms with van der Waals surface area (Å²) in [5.74, 6) is 0. The Balaban J connectivity index is 1.15. The van der Waals surface area contributed by atoms with Crippen LogP contribution in [-0.2, 0) is 5.41 Å². The van der Waals surface area contributed by atoms with Crippen LogP contribution in [0.2, 0.25) is 0 Å². The van der Waals surface area contributed by atoms with E-state index >= 15 is 0 Å². The molecule has 0 aliphatic heterocycles. The number of aromatic nitrogens is 1. The molecular weight excluding hydrogens is 627 g/mol. The first-order chi connectivity index (χ1) is 25.5. The third-order valence-corrected chi connectivity index (χ3v) is 11.2. The van der Waals surface area contributed by atoms with Crippen LogP contribution in [0.1, 0.15) is 25.0 Å². The van der Waals surface area contributed by atoms with E-state index in [9.17, 15) is 0 Å². The maximum atomic E-state index is 2.45. The highest BCUT2D eigenvalue weighted by atomic mass is 15.0. The highest BCUT2D eigenvalue weighted by molar-refractivity contribution is 6.10. The minimum absolute atomic E-state index is 0.00215. The van der Waals surface area contributed by atoms with Gasteiger partial charge in [0.1, 0.15) is 0 Å². The molecule has 0 saturated heterocycles. The topological polar surface area (TPSA) is 4.93 Å². The highest BCUT2D eigenvalue weighted by Crippen LogP contribution is 2.49. The second-order valence-electron chi connectivity index (χ2n) is 14.6. The van der Waals surface area contributed by atoms with Crippen molar-refractivity contribution >= 4 is 21.8 Å². The summed E-state index contributed by atoms with van der Waals surface area (Å²) in [7, 11) is 0. The van der Waals surface area contributed by atoms with Gasteiger partial charge in [0.15, 0.2) is 0 Å². The van der Waals surface area contributed by atoms with Gasteiger partial charge in [-0.3, -0.25) is 0 Å². The molecule has 0 fully saturated rings. The van der Waals surface area contributed by atoms with E-state index in [1.165, 1.54) is 88.6 Å². The Morgan fingerprint density at radius 3 is 1.63 bits per heavy atom. The van der Waals surface area contributed by atoms with Gasteiger partial charge >= 0.3 is 0 Å². The fraction of sp³-hybridized carbons (Fsp3) is 0.0588. The predicted molar refractivity (Wildman–Crippen MR) is 220 cm³/mol. The Hall–Kier alpha value is -6.44. The fourth-order valence-electron chi connectivity index (χ4n) is 8.54. The third-order valence-electron chi connectivity index (χ3n) is 11.2. The lowest BCUT2D eigenvalue weighted by atomic mass is 9.82. The lowest BCUT2D eigenvalue weighted by molar-refractivity contribution is 0.660. The molecule has 1 aromatic heterocycles. The lowest BCUT2D eigenvalue weighted by Gasteiger charge is -2.21. The Bertz CT molecular complexity index is 2800. The van der Waals surface area contributed by atoms with Crippen LogP contribution in [-0.4, -0.2) is 4.57 Å². The molecular formula is C51H37N. The largest absolute Gasteiger partial charge is 0.309 e. The monoisotopic (exact) mass is 663 g/mol. The van der Waals surface area contributed by atoms with Gasteiger partial charge in [0.25, 0.3) is 0 Å². The molecule has 246 valence electrons. The third kappa shape index (κ3) is 4.85. The summed E-state index contributed by atoms with van der Waals surface area (Å²) in [5, 5.41) is 2.51. The van der Waals surface area contributed by atoms with Crippen molar-refractivity contribution in [3.8, 4) is 61.3 Å². The molecule has 1 heteroatoms. The van der Waals surface area contributed by atoms with Crippen molar-refractivity contribution in [1.29, 1.82) is 0 Å². The average molecular weight is 664 g/mol. The number of benzene rings is 8. The van der Waals surface area contributed by atoms with Crippen LogP contribution < -0.4 is 0 Å². The maximum absolute atomic E-state index is 2.45. The van der Waals surface area contributed by atoms with Crippen LogP contribution in [0.4, 0.5) is 0 Å². The van der Waals surface area contributed by atoms with Crippen molar-refractivity contribution in [2.45, 2.75) is 19.3 Å². The molecule has 0 amide bonds. The molecule has 10 rings (SSSR count). The molecule has 52 heavy (non-hydrogen) atoms. The molecule has 0 unspecified atom stereocenters. The van der Waals surface area contributed by atoms with Crippen molar-refractivity contribution < 1.29 is 0 Å². The summed E-state index contributed by atoms with van der Waals surface area (Å²) in [5.41, 5.74) is 18.8. The molecule has 0 atom stereocenters. The normalized spacial score (nSPS) is 13.0. The number of hydrogen-bond donors (Lipinski definition) is 0. The zero-order valence-electron chi connectivity index (χ0n) is 29.3. The predicted octanol–water partition coefficient (Wildman–Crippen LogP) is 13.8. The fourth-order valence-corrected chi connectivity index (χ4v) is 8.54. The zero-order valence-corrected chi connectivity index (χ0v) is 29.3. The van der Waals surface area contributed by atoms with Gasteiger partial charge in [-0.05, 0) is 115 Å². The van der Waals surface area contributed by atoms with E-state index in [4.69, 9.17) is 0 Å². The summed E-state index contributed by atoms with van der Waals surface area (Å²) in [6.45, 7) is 4.69. The van der Waals surface area contributed by atoms with E-state index in [-0.39, 0.29) is 5.41 Å². The van der Waals surface area contributed by atoms with E-state index < -0.39 is 0 Å². The number of hydrogen-bond acceptors (Lipinski definition) is 0. The van der Waals surface area contributed by atoms with E-state index in [1.54, 1.807) is 0 Å². The summed E-state index contributed by atoms with van der Waals surface area (Å²) in [6, 6.07) is 69.2. The smallest absolute Gasteiger partial charge is 0.0541 e. The maximum Gasteiger partial charge on any atom is 0.0541 e. The summed E-state index contributed by atoms with van der Waals surface area (Å²) in [4.78, 5) is 0. The van der Waals surface area contributed by atoms with Gasteiger partial charge in [0.2, 0.25) is 0 Å². The van der Waals surface area contributed by atoms with Crippen LogP contribution in [0.3, 0.4) is 0 Å². The van der Waals surface area contributed by atoms with Crippen LogP contribution in [0.5, 0.6) is 0 Å². The van der Waals surface area contributed by atoms with E-state index in [1.807, 2.05) is 0 Å². The highest BCUT2D eigenvalue weighted by Gasteiger charge is 2.35. The Morgan fingerprint density at radius 1 is 0.327 bits per heavy atom. The van der Waals surface area contributed by atoms with Gasteiger partial charge in [-0.1, -0.05) is 153 Å². The van der Waals surface area contributed by atoms with Crippen LogP contribution in [0.15, 0.2) is 188 Å². The standard InChI is InChI=1S/C51H37N/c1-51(2)47-22-11-9-20-43(47)45-32-38(24-26-48(45)51)39-25-27-50-46(33-39)44-21-10-12-23-49(44)52(50)42-30-40(35-16-7-4-8-17-35)29-41(31-42)37-19-13-18-36(28-37)34-14-5-3-6-15-34/h3-33H,1-2H3. The first-order valence-electron chi connectivity index (χ1n) is 18.2. The summed E-state index contributed by atoms with van der Waals surface area (Å²) >= 11 is 0. The molecule has 0 saturated carbocycles. The molecule has 8 aromatic carbocycles. The molecule has 1 aliphatic rings. The number of rotatable bonds is 5. The van der Waals surface area contributed by atoms with Crippen molar-refractivity contribution in [1.82, 2.24) is 4.57 Å². The van der Waals surface area contributed by atoms with E-state index in [0.29, 0.717) is 0 Å². The van der Waals surface area contributed by atoms with Gasteiger partial charge < -0.3 is 4.57 Å². The SMILES string of the molecule is CC1(C)c2ccccc2-c2cc(-c3ccc4c(c3)c3ccccc3n4-c3cc(-c4ccccc4)cc(-c4cccc(-c5ccccc5)c4)c3)ccc21. The van der Waals surface area contributed by atoms with Gasteiger partial charge in [0.05, 0.1) is 11.0 Å². The number of nitrogens with zero attached hydrogens (tertiary/aromatic N) is 1. The summed E-state index contributed by atoms with van der Waals surface area (Å²) < 4.78 is 2.45. The van der Waals surface area contributed by atoms with Gasteiger partial charge in [-0.15, -0.1) is 0 Å². The van der Waals surface area contributed by atoms with E-state index in [0.717, 1.165) is 5.69 Å². The van der Waals surface area contributed by atoms with Crippen LogP contribution in [0.25, 0.3) is 83.1 Å². The average Bonchev–Trinajstić information content (AvgIpc) is 3.66. The van der Waals surface area contributed by atoms with Gasteiger partial charge in [-0.2, -0.15) is 0 Å². The minimum Gasteiger partial charge on any atom is -0.309 e. The van der Waals surface area contributed by atoms with Crippen molar-refractivity contribution in [2.24, 2.45) is 0 Å². The quantitative estimate of drug-likeness (QED) is 0.173. The summed E-state index contributed by atoms with van der Waals surface area (Å²) in [6.07, 6.45) is 0. The lowest BCUT2D eigenvalue weighted by Crippen LogP contribution is -2.14. The Labute approximate surface area is 305 Å². The van der Waals surface area contributed by atoms with Crippen molar-refractivity contribution in [3.05, 3.63) is 199 Å².